The summed E-state index contributed by atoms with van der Waals surface area (Å²) in [6.07, 6.45) is 2.16. The molecule has 1 heterocycles. The van der Waals surface area contributed by atoms with Crippen LogP contribution in [-0.4, -0.2) is 43.8 Å². The molecule has 1 fully saturated rings. The third kappa shape index (κ3) is 3.80. The minimum Gasteiger partial charge on any atom is -0.379 e. The van der Waals surface area contributed by atoms with Crippen LogP contribution >= 0.6 is 0 Å². The normalized spacial score (nSPS) is 19.1. The Morgan fingerprint density at radius 3 is 2.53 bits per heavy atom. The van der Waals surface area contributed by atoms with Crippen molar-refractivity contribution < 1.29 is 4.74 Å². The topological polar surface area (TPSA) is 38.5 Å². The highest BCUT2D eigenvalue weighted by molar-refractivity contribution is 5.16. The van der Waals surface area contributed by atoms with Gasteiger partial charge in [-0.1, -0.05) is 30.3 Å². The molecule has 0 aromatic heterocycles. The molecule has 94 valence electrons. The first-order valence-electron chi connectivity index (χ1n) is 6.46. The summed E-state index contributed by atoms with van der Waals surface area (Å²) in [5.41, 5.74) is 7.13. The Morgan fingerprint density at radius 1 is 1.18 bits per heavy atom. The van der Waals surface area contributed by atoms with Crippen molar-refractivity contribution in [2.75, 3.05) is 32.8 Å². The summed E-state index contributed by atoms with van der Waals surface area (Å²) in [6, 6.07) is 11.2. The molecule has 0 saturated carbocycles. The van der Waals surface area contributed by atoms with E-state index >= 15 is 0 Å². The van der Waals surface area contributed by atoms with Gasteiger partial charge in [0, 0.05) is 19.1 Å². The lowest BCUT2D eigenvalue weighted by molar-refractivity contribution is 0.0153. The zero-order valence-electron chi connectivity index (χ0n) is 10.3. The van der Waals surface area contributed by atoms with Crippen molar-refractivity contribution in [2.24, 2.45) is 5.73 Å². The van der Waals surface area contributed by atoms with E-state index in [4.69, 9.17) is 10.5 Å². The molecule has 1 aromatic rings. The Hall–Kier alpha value is -0.900. The molecule has 0 spiro atoms. The highest BCUT2D eigenvalue weighted by atomic mass is 16.5. The molecule has 1 aromatic carbocycles. The van der Waals surface area contributed by atoms with Crippen LogP contribution in [0, 0.1) is 0 Å². The van der Waals surface area contributed by atoms with E-state index < -0.39 is 0 Å². The number of hydrogen-bond donors (Lipinski definition) is 1. The van der Waals surface area contributed by atoms with Crippen LogP contribution in [0.15, 0.2) is 30.3 Å². The van der Waals surface area contributed by atoms with Crippen LogP contribution in [0.25, 0.3) is 0 Å². The van der Waals surface area contributed by atoms with Crippen LogP contribution in [0.5, 0.6) is 0 Å². The van der Waals surface area contributed by atoms with Gasteiger partial charge in [-0.05, 0) is 24.9 Å². The molecule has 0 amide bonds. The monoisotopic (exact) mass is 234 g/mol. The van der Waals surface area contributed by atoms with Gasteiger partial charge in [0.1, 0.15) is 0 Å². The average Bonchev–Trinajstić information content (AvgIpc) is 2.40. The molecular formula is C14H22N2O. The van der Waals surface area contributed by atoms with Crippen LogP contribution in [0.4, 0.5) is 0 Å². The molecule has 2 rings (SSSR count). The van der Waals surface area contributed by atoms with E-state index in [9.17, 15) is 0 Å². The zero-order valence-corrected chi connectivity index (χ0v) is 10.3. The van der Waals surface area contributed by atoms with Crippen LogP contribution in [-0.2, 0) is 11.2 Å². The molecule has 0 radical (unpaired) electrons. The van der Waals surface area contributed by atoms with E-state index in [1.165, 1.54) is 5.56 Å². The minimum absolute atomic E-state index is 0.561. The van der Waals surface area contributed by atoms with E-state index in [1.54, 1.807) is 0 Å². The lowest BCUT2D eigenvalue weighted by Gasteiger charge is -2.34. The van der Waals surface area contributed by atoms with Gasteiger partial charge in [0.05, 0.1) is 13.2 Å². The Morgan fingerprint density at radius 2 is 1.88 bits per heavy atom. The van der Waals surface area contributed by atoms with Gasteiger partial charge < -0.3 is 10.5 Å². The smallest absolute Gasteiger partial charge is 0.0594 e. The maximum atomic E-state index is 5.73. The molecule has 1 saturated heterocycles. The summed E-state index contributed by atoms with van der Waals surface area (Å²) in [5, 5.41) is 0. The van der Waals surface area contributed by atoms with Gasteiger partial charge in [-0.3, -0.25) is 4.90 Å². The molecule has 1 aliphatic rings. The van der Waals surface area contributed by atoms with E-state index in [-0.39, 0.29) is 0 Å². The van der Waals surface area contributed by atoms with Crippen LogP contribution < -0.4 is 5.73 Å². The van der Waals surface area contributed by atoms with Crippen LogP contribution in [0.1, 0.15) is 12.0 Å². The second-order valence-corrected chi connectivity index (χ2v) is 4.57. The van der Waals surface area contributed by atoms with Gasteiger partial charge in [-0.2, -0.15) is 0 Å². The van der Waals surface area contributed by atoms with Gasteiger partial charge in [0.15, 0.2) is 0 Å². The first-order valence-corrected chi connectivity index (χ1v) is 6.46. The lowest BCUT2D eigenvalue weighted by Crippen LogP contribution is -2.45. The van der Waals surface area contributed by atoms with Gasteiger partial charge >= 0.3 is 0 Å². The molecule has 0 bridgehead atoms. The number of nitrogens with two attached hydrogens (primary N) is 1. The fraction of sp³-hybridized carbons (Fsp3) is 0.571. The molecular weight excluding hydrogens is 212 g/mol. The van der Waals surface area contributed by atoms with Crippen molar-refractivity contribution in [3.8, 4) is 0 Å². The summed E-state index contributed by atoms with van der Waals surface area (Å²) in [6.45, 7) is 4.55. The summed E-state index contributed by atoms with van der Waals surface area (Å²) in [4.78, 5) is 2.52. The Balaban J connectivity index is 1.96. The Bertz CT molecular complexity index is 309. The van der Waals surface area contributed by atoms with E-state index in [0.717, 1.165) is 45.7 Å². The first kappa shape index (κ1) is 12.6. The van der Waals surface area contributed by atoms with Crippen LogP contribution in [0.3, 0.4) is 0 Å². The molecule has 2 N–H and O–H groups in total. The second-order valence-electron chi connectivity index (χ2n) is 4.57. The van der Waals surface area contributed by atoms with E-state index in [0.29, 0.717) is 6.04 Å². The highest BCUT2D eigenvalue weighted by Gasteiger charge is 2.20. The van der Waals surface area contributed by atoms with Crippen LogP contribution in [0.2, 0.25) is 0 Å². The maximum Gasteiger partial charge on any atom is 0.0594 e. The maximum absolute atomic E-state index is 5.73. The number of ether oxygens (including phenoxy) is 1. The van der Waals surface area contributed by atoms with Crippen molar-refractivity contribution in [2.45, 2.75) is 18.9 Å². The number of morpholine rings is 1. The fourth-order valence-electron chi connectivity index (χ4n) is 2.43. The van der Waals surface area contributed by atoms with Crippen molar-refractivity contribution >= 4 is 0 Å². The van der Waals surface area contributed by atoms with Crippen molar-refractivity contribution in [3.05, 3.63) is 35.9 Å². The van der Waals surface area contributed by atoms with Crippen molar-refractivity contribution in [1.82, 2.24) is 4.90 Å². The highest BCUT2D eigenvalue weighted by Crippen LogP contribution is 2.13. The summed E-state index contributed by atoms with van der Waals surface area (Å²) in [7, 11) is 0. The number of hydrogen-bond acceptors (Lipinski definition) is 3. The molecule has 1 unspecified atom stereocenters. The van der Waals surface area contributed by atoms with Gasteiger partial charge in [-0.15, -0.1) is 0 Å². The van der Waals surface area contributed by atoms with Crippen molar-refractivity contribution in [3.63, 3.8) is 0 Å². The molecule has 1 atom stereocenters. The number of benzene rings is 1. The Kier molecular flexibility index (Phi) is 4.98. The number of nitrogens with zero attached hydrogens (tertiary/aromatic N) is 1. The van der Waals surface area contributed by atoms with E-state index in [2.05, 4.69) is 35.2 Å². The van der Waals surface area contributed by atoms with E-state index in [1.807, 2.05) is 0 Å². The largest absolute Gasteiger partial charge is 0.379 e. The van der Waals surface area contributed by atoms with Crippen molar-refractivity contribution in [1.29, 1.82) is 0 Å². The quantitative estimate of drug-likeness (QED) is 0.834. The predicted molar refractivity (Wildman–Crippen MR) is 70.0 cm³/mol. The second kappa shape index (κ2) is 6.74. The third-order valence-electron chi connectivity index (χ3n) is 3.38. The lowest BCUT2D eigenvalue weighted by atomic mass is 10.0. The standard InChI is InChI=1S/C14H22N2O/c15-7-6-14(16-8-10-17-11-9-16)12-13-4-2-1-3-5-13/h1-5,14H,6-12,15H2. The number of rotatable bonds is 5. The minimum atomic E-state index is 0.561. The summed E-state index contributed by atoms with van der Waals surface area (Å²) in [5.74, 6) is 0. The van der Waals surface area contributed by atoms with Gasteiger partial charge in [0.25, 0.3) is 0 Å². The molecule has 1 aliphatic heterocycles. The van der Waals surface area contributed by atoms with Gasteiger partial charge in [-0.25, -0.2) is 0 Å². The average molecular weight is 234 g/mol. The van der Waals surface area contributed by atoms with Gasteiger partial charge in [0.2, 0.25) is 0 Å². The fourth-order valence-corrected chi connectivity index (χ4v) is 2.43. The predicted octanol–water partition coefficient (Wildman–Crippen LogP) is 1.28. The summed E-state index contributed by atoms with van der Waals surface area (Å²) >= 11 is 0. The molecule has 3 nitrogen and oxygen atoms in total. The molecule has 3 heteroatoms. The third-order valence-corrected chi connectivity index (χ3v) is 3.38. The SMILES string of the molecule is NCCC(Cc1ccccc1)N1CCOCC1. The summed E-state index contributed by atoms with van der Waals surface area (Å²) < 4.78 is 5.41. The zero-order chi connectivity index (χ0) is 11.9. The molecule has 0 aliphatic carbocycles. The molecule has 17 heavy (non-hydrogen) atoms. The first-order chi connectivity index (χ1) is 8.40. The Labute approximate surface area is 104 Å².